The Morgan fingerprint density at radius 3 is 2.56 bits per heavy atom. The first-order chi connectivity index (χ1) is 8.61. The molecule has 0 radical (unpaired) electrons. The number of amides is 1. The van der Waals surface area contributed by atoms with Crippen LogP contribution < -0.4 is 5.32 Å². The Morgan fingerprint density at radius 1 is 1.33 bits per heavy atom. The number of rotatable bonds is 7. The number of hydrogen-bond donors (Lipinski definition) is 2. The molecule has 0 fully saturated rings. The van der Waals surface area contributed by atoms with Gasteiger partial charge in [-0.25, -0.2) is 0 Å². The molecule has 0 spiro atoms. The summed E-state index contributed by atoms with van der Waals surface area (Å²) in [5.41, 5.74) is 1.12. The first-order valence-electron chi connectivity index (χ1n) is 6.20. The van der Waals surface area contributed by atoms with Crippen LogP contribution in [0.25, 0.3) is 0 Å². The zero-order chi connectivity index (χ0) is 13.4. The third kappa shape index (κ3) is 5.80. The molecule has 0 aliphatic rings. The third-order valence-corrected chi connectivity index (χ3v) is 2.70. The molecule has 1 aromatic rings. The smallest absolute Gasteiger partial charge is 0.221 e. The van der Waals surface area contributed by atoms with Crippen molar-refractivity contribution >= 4 is 5.91 Å². The van der Waals surface area contributed by atoms with Crippen molar-refractivity contribution in [3.8, 4) is 0 Å². The van der Waals surface area contributed by atoms with Crippen LogP contribution in [0.1, 0.15) is 12.0 Å². The van der Waals surface area contributed by atoms with Crippen LogP contribution in [-0.4, -0.2) is 49.2 Å². The van der Waals surface area contributed by atoms with Gasteiger partial charge in [-0.2, -0.15) is 0 Å². The van der Waals surface area contributed by atoms with Crippen LogP contribution in [0.3, 0.4) is 0 Å². The molecular formula is C14H22N2O2. The monoisotopic (exact) mass is 250 g/mol. The van der Waals surface area contributed by atoms with Crippen molar-refractivity contribution in [1.29, 1.82) is 0 Å². The molecule has 0 saturated heterocycles. The summed E-state index contributed by atoms with van der Waals surface area (Å²) in [7, 11) is 3.86. The van der Waals surface area contributed by atoms with E-state index in [9.17, 15) is 9.90 Å². The van der Waals surface area contributed by atoms with Crippen LogP contribution in [0.5, 0.6) is 0 Å². The second-order valence-electron chi connectivity index (χ2n) is 4.69. The zero-order valence-corrected chi connectivity index (χ0v) is 11.1. The van der Waals surface area contributed by atoms with Crippen LogP contribution in [0.15, 0.2) is 30.3 Å². The summed E-state index contributed by atoms with van der Waals surface area (Å²) in [4.78, 5) is 13.6. The molecule has 1 rings (SSSR count). The maximum atomic E-state index is 11.7. The molecule has 0 aromatic heterocycles. The zero-order valence-electron chi connectivity index (χ0n) is 11.1. The SMILES string of the molecule is CN(C)CCC(=O)N[C@H](CO)Cc1ccccc1. The molecule has 4 heteroatoms. The Labute approximate surface area is 109 Å². The van der Waals surface area contributed by atoms with Crippen molar-refractivity contribution in [3.05, 3.63) is 35.9 Å². The highest BCUT2D eigenvalue weighted by Crippen LogP contribution is 2.03. The van der Waals surface area contributed by atoms with Crippen LogP contribution in [0.2, 0.25) is 0 Å². The van der Waals surface area contributed by atoms with Crippen molar-refractivity contribution in [2.24, 2.45) is 0 Å². The van der Waals surface area contributed by atoms with Gasteiger partial charge in [-0.1, -0.05) is 30.3 Å². The normalized spacial score (nSPS) is 12.4. The highest BCUT2D eigenvalue weighted by atomic mass is 16.3. The molecule has 4 nitrogen and oxygen atoms in total. The van der Waals surface area contributed by atoms with Crippen molar-refractivity contribution < 1.29 is 9.90 Å². The largest absolute Gasteiger partial charge is 0.394 e. The number of hydrogen-bond acceptors (Lipinski definition) is 3. The quantitative estimate of drug-likeness (QED) is 0.747. The maximum absolute atomic E-state index is 11.7. The van der Waals surface area contributed by atoms with Crippen LogP contribution in [-0.2, 0) is 11.2 Å². The summed E-state index contributed by atoms with van der Waals surface area (Å²) in [5.74, 6) is -0.0151. The fourth-order valence-corrected chi connectivity index (χ4v) is 1.68. The molecule has 0 saturated carbocycles. The van der Waals surface area contributed by atoms with Gasteiger partial charge in [-0.05, 0) is 26.1 Å². The molecule has 0 bridgehead atoms. The number of carbonyl (C=O) groups is 1. The Bertz CT molecular complexity index is 352. The van der Waals surface area contributed by atoms with Gasteiger partial charge in [0.2, 0.25) is 5.91 Å². The molecule has 1 amide bonds. The number of benzene rings is 1. The van der Waals surface area contributed by atoms with Gasteiger partial charge in [0.25, 0.3) is 0 Å². The van der Waals surface area contributed by atoms with Gasteiger partial charge in [0.15, 0.2) is 0 Å². The Kier molecular flexibility index (Phi) is 6.39. The van der Waals surface area contributed by atoms with Gasteiger partial charge in [0.1, 0.15) is 0 Å². The van der Waals surface area contributed by atoms with E-state index in [4.69, 9.17) is 0 Å². The lowest BCUT2D eigenvalue weighted by molar-refractivity contribution is -0.122. The molecule has 0 aliphatic heterocycles. The first kappa shape index (κ1) is 14.7. The van der Waals surface area contributed by atoms with Gasteiger partial charge in [-0.3, -0.25) is 4.79 Å². The van der Waals surface area contributed by atoms with E-state index in [1.165, 1.54) is 0 Å². The van der Waals surface area contributed by atoms with E-state index in [-0.39, 0.29) is 18.6 Å². The highest BCUT2D eigenvalue weighted by molar-refractivity contribution is 5.76. The summed E-state index contributed by atoms with van der Waals surface area (Å²) in [6.07, 6.45) is 1.11. The number of nitrogens with one attached hydrogen (secondary N) is 1. The van der Waals surface area contributed by atoms with Crippen molar-refractivity contribution in [1.82, 2.24) is 10.2 Å². The Hall–Kier alpha value is -1.39. The van der Waals surface area contributed by atoms with Gasteiger partial charge >= 0.3 is 0 Å². The summed E-state index contributed by atoms with van der Waals surface area (Å²) >= 11 is 0. The summed E-state index contributed by atoms with van der Waals surface area (Å²) in [5, 5.41) is 12.1. The number of nitrogens with zero attached hydrogens (tertiary/aromatic N) is 1. The fourth-order valence-electron chi connectivity index (χ4n) is 1.68. The van der Waals surface area contributed by atoms with Crippen molar-refractivity contribution in [3.63, 3.8) is 0 Å². The summed E-state index contributed by atoms with van der Waals surface area (Å²) < 4.78 is 0. The fraction of sp³-hybridized carbons (Fsp3) is 0.500. The molecule has 0 heterocycles. The van der Waals surface area contributed by atoms with E-state index in [0.717, 1.165) is 12.1 Å². The van der Waals surface area contributed by atoms with Gasteiger partial charge in [-0.15, -0.1) is 0 Å². The average molecular weight is 250 g/mol. The predicted octanol–water partition coefficient (Wildman–Crippen LogP) is 0.658. The van der Waals surface area contributed by atoms with E-state index in [1.54, 1.807) is 0 Å². The Balaban J connectivity index is 2.40. The third-order valence-electron chi connectivity index (χ3n) is 2.70. The van der Waals surface area contributed by atoms with E-state index < -0.39 is 0 Å². The minimum absolute atomic E-state index is 0.0151. The minimum atomic E-state index is -0.206. The first-order valence-corrected chi connectivity index (χ1v) is 6.20. The van der Waals surface area contributed by atoms with E-state index in [0.29, 0.717) is 12.8 Å². The van der Waals surface area contributed by atoms with E-state index in [1.807, 2.05) is 49.3 Å². The molecule has 1 atom stereocenters. The second kappa shape index (κ2) is 7.84. The summed E-state index contributed by atoms with van der Waals surface area (Å²) in [6.45, 7) is 0.678. The molecule has 1 aromatic carbocycles. The van der Waals surface area contributed by atoms with Crippen LogP contribution in [0.4, 0.5) is 0 Å². The molecule has 18 heavy (non-hydrogen) atoms. The standard InChI is InChI=1S/C14H22N2O2/c1-16(2)9-8-14(18)15-13(11-17)10-12-6-4-3-5-7-12/h3-7,13,17H,8-11H2,1-2H3,(H,15,18)/t13-/m0/s1. The van der Waals surface area contributed by atoms with Gasteiger partial charge in [0, 0.05) is 13.0 Å². The van der Waals surface area contributed by atoms with Crippen LogP contribution >= 0.6 is 0 Å². The maximum Gasteiger partial charge on any atom is 0.221 e. The molecule has 0 unspecified atom stereocenters. The lowest BCUT2D eigenvalue weighted by Gasteiger charge is -2.17. The van der Waals surface area contributed by atoms with Crippen molar-refractivity contribution in [2.45, 2.75) is 18.9 Å². The topological polar surface area (TPSA) is 52.6 Å². The second-order valence-corrected chi connectivity index (χ2v) is 4.69. The average Bonchev–Trinajstić information content (AvgIpc) is 2.37. The number of carbonyl (C=O) groups excluding carboxylic acids is 1. The van der Waals surface area contributed by atoms with E-state index >= 15 is 0 Å². The molecule has 100 valence electrons. The lowest BCUT2D eigenvalue weighted by atomic mass is 10.1. The molecular weight excluding hydrogens is 228 g/mol. The summed E-state index contributed by atoms with van der Waals surface area (Å²) in [6, 6.07) is 9.65. The molecule has 2 N–H and O–H groups in total. The molecule has 0 aliphatic carbocycles. The van der Waals surface area contributed by atoms with Crippen LogP contribution in [0, 0.1) is 0 Å². The Morgan fingerprint density at radius 2 is 2.00 bits per heavy atom. The van der Waals surface area contributed by atoms with Crippen molar-refractivity contribution in [2.75, 3.05) is 27.2 Å². The van der Waals surface area contributed by atoms with Gasteiger partial charge < -0.3 is 15.3 Å². The minimum Gasteiger partial charge on any atom is -0.394 e. The highest BCUT2D eigenvalue weighted by Gasteiger charge is 2.11. The lowest BCUT2D eigenvalue weighted by Crippen LogP contribution is -2.40. The van der Waals surface area contributed by atoms with Gasteiger partial charge in [0.05, 0.1) is 12.6 Å². The van der Waals surface area contributed by atoms with E-state index in [2.05, 4.69) is 5.32 Å². The number of aliphatic hydroxyl groups excluding tert-OH is 1. The number of aliphatic hydroxyl groups is 1. The predicted molar refractivity (Wildman–Crippen MR) is 72.3 cm³/mol.